The highest BCUT2D eigenvalue weighted by molar-refractivity contribution is 14.1. The van der Waals surface area contributed by atoms with E-state index in [1.165, 1.54) is 43.7 Å². The van der Waals surface area contributed by atoms with Crippen LogP contribution >= 0.6 is 77.7 Å². The van der Waals surface area contributed by atoms with Gasteiger partial charge in [0.05, 0.1) is 109 Å². The summed E-state index contributed by atoms with van der Waals surface area (Å²) < 4.78 is 77.3. The van der Waals surface area contributed by atoms with Crippen molar-refractivity contribution in [2.75, 3.05) is 24.9 Å². The van der Waals surface area contributed by atoms with Gasteiger partial charge in [0.25, 0.3) is 0 Å². The molecule has 6 heterocycles. The van der Waals surface area contributed by atoms with Crippen LogP contribution in [0.25, 0.3) is 44.0 Å². The number of anilines is 2. The topological polar surface area (TPSA) is 332 Å². The number of sulfone groups is 2. The number of methoxy groups -OCH3 is 2. The number of nitrogens with zero attached hydrogens (tertiary/aromatic N) is 9. The summed E-state index contributed by atoms with van der Waals surface area (Å²) in [6.45, 7) is 14.2. The van der Waals surface area contributed by atoms with Gasteiger partial charge in [-0.05, 0) is 207 Å². The van der Waals surface area contributed by atoms with Crippen LogP contribution in [0, 0.1) is 3.83 Å². The van der Waals surface area contributed by atoms with E-state index in [0.717, 1.165) is 153 Å². The summed E-state index contributed by atoms with van der Waals surface area (Å²) in [6, 6.07) is 29.3. The van der Waals surface area contributed by atoms with Crippen LogP contribution in [0.4, 0.5) is 11.9 Å². The number of aromatic nitrogens is 9. The Morgan fingerprint density at radius 3 is 1.41 bits per heavy atom. The lowest BCUT2D eigenvalue weighted by molar-refractivity contribution is 0.00578. The summed E-state index contributed by atoms with van der Waals surface area (Å²) in [5.74, 6) is 1.11. The van der Waals surface area contributed by atoms with Gasteiger partial charge in [0.1, 0.15) is 5.69 Å². The summed E-state index contributed by atoms with van der Waals surface area (Å²) in [4.78, 5) is 40.6. The third-order valence-corrected chi connectivity index (χ3v) is 25.8. The molecule has 110 heavy (non-hydrogen) atoms. The average Bonchev–Trinajstić information content (AvgIpc) is 1.45. The number of benzene rings is 5. The number of aryl methyl sites for hydroxylation is 3. The first kappa shape index (κ1) is 86.0. The normalized spacial score (nSPS) is 19.5. The van der Waals surface area contributed by atoms with E-state index in [0.29, 0.717) is 40.8 Å². The Labute approximate surface area is 684 Å². The summed E-state index contributed by atoms with van der Waals surface area (Å²) in [7, 11) is -5.08. The zero-order chi connectivity index (χ0) is 79.2. The van der Waals surface area contributed by atoms with Gasteiger partial charge in [-0.2, -0.15) is 0 Å². The van der Waals surface area contributed by atoms with E-state index in [-0.39, 0.29) is 73.1 Å². The van der Waals surface area contributed by atoms with E-state index in [2.05, 4.69) is 139 Å². The Morgan fingerprint density at radius 2 is 0.955 bits per heavy atom. The van der Waals surface area contributed by atoms with Crippen molar-refractivity contribution >= 4 is 155 Å². The lowest BCUT2D eigenvalue weighted by Crippen LogP contribution is -2.41. The molecule has 0 bridgehead atoms. The van der Waals surface area contributed by atoms with Crippen molar-refractivity contribution < 1.29 is 50.9 Å². The molecule has 3 aliphatic carbocycles. The smallest absolute Gasteiger partial charge is 0.481 e. The molecular weight excluding hydrogens is 1730 g/mol. The quantitative estimate of drug-likeness (QED) is 0.0280. The number of nitrogens with two attached hydrogens (primary N) is 1. The monoisotopic (exact) mass is 1820 g/mol. The molecule has 14 rings (SSSR count). The van der Waals surface area contributed by atoms with Gasteiger partial charge in [0, 0.05) is 95.4 Å². The molecule has 1 saturated heterocycles. The standard InChI is InChI=1S/C28H30ClN5O4S.C19H23BClNO5S.C16H20BrN3O.C10H8BrIN2.C6H13NO/c1-3-17-12-18(13-19-14-31-28(34-25(17)19)33-20-8-10-22(35)11-9-20)26-27(38-2)32-21(15-30-26)16-39(36,37)24-7-5-4-6-23(24)29;1-18(2)19(3,4)27-20(26-18)14-11-10-13(22-17(14)25-5)12-28(23,24)16-9-7-6-8-15(16)21;1-2-10-7-12(17)8-11-9-18-16(20-15(10)11)19-13-3-5-14(21)6-4-13;1-2-6-3-8(11)4-7-5-13-10(12)14-9(6)7;7-5-1-3-6(8)4-2-5/h4-7,12-15,20,22,35H,3,8-11,16H2,1-2H3,(H,31,33,34);6-11H,12H2,1-5H3;7-9,13-14,21H,2-6H2,1H3,(H,18,19,20);3-5H,2H2,1H3;5-6,8H,1-4,7H2. The Kier molecular flexibility index (Phi) is 30.2. The first-order valence-corrected chi connectivity index (χ1v) is 43.5. The molecule has 586 valence electrons. The number of rotatable bonds is 17. The van der Waals surface area contributed by atoms with Crippen LogP contribution in [-0.4, -0.2) is 146 Å². The van der Waals surface area contributed by atoms with Crippen LogP contribution in [0.15, 0.2) is 141 Å². The number of nitrogens with one attached hydrogen (secondary N) is 2. The van der Waals surface area contributed by atoms with Crippen molar-refractivity contribution in [1.82, 2.24) is 44.9 Å². The zero-order valence-electron chi connectivity index (χ0n) is 63.0. The average molecular weight is 1820 g/mol. The van der Waals surface area contributed by atoms with Crippen molar-refractivity contribution in [2.45, 2.75) is 214 Å². The van der Waals surface area contributed by atoms with Crippen LogP contribution in [0.3, 0.4) is 0 Å². The van der Waals surface area contributed by atoms with Crippen LogP contribution < -0.4 is 31.3 Å². The number of pyridine rings is 1. The molecular formula is C79H94BBr2Cl2IN12O11S2. The van der Waals surface area contributed by atoms with Crippen molar-refractivity contribution in [3.63, 3.8) is 0 Å². The fourth-order valence-corrected chi connectivity index (χ4v) is 18.3. The van der Waals surface area contributed by atoms with E-state index in [1.807, 2.05) is 58.3 Å². The minimum Gasteiger partial charge on any atom is -0.481 e. The first-order valence-electron chi connectivity index (χ1n) is 36.8. The third kappa shape index (κ3) is 22.5. The second-order valence-corrected chi connectivity index (χ2v) is 36.1. The highest BCUT2D eigenvalue weighted by atomic mass is 127. The molecule has 23 nitrogen and oxygen atoms in total. The van der Waals surface area contributed by atoms with Crippen molar-refractivity contribution in [3.8, 4) is 23.0 Å². The Bertz CT molecular complexity index is 5060. The second kappa shape index (κ2) is 38.6. The fourth-order valence-electron chi connectivity index (χ4n) is 13.2. The molecule has 1 aliphatic heterocycles. The Hall–Kier alpha value is -6.46. The number of aliphatic hydroxyl groups is 3. The molecule has 4 fully saturated rings. The molecule has 0 radical (unpaired) electrons. The predicted octanol–water partition coefficient (Wildman–Crippen LogP) is 15.5. The minimum atomic E-state index is -3.73. The molecule has 4 aliphatic rings. The lowest BCUT2D eigenvalue weighted by atomic mass is 9.79. The third-order valence-electron chi connectivity index (χ3n) is 20.1. The van der Waals surface area contributed by atoms with Gasteiger partial charge in [-0.25, -0.2) is 61.7 Å². The highest BCUT2D eigenvalue weighted by Crippen LogP contribution is 2.39. The number of fused-ring (bicyclic) bond motifs is 3. The van der Waals surface area contributed by atoms with Gasteiger partial charge in [0.15, 0.2) is 23.5 Å². The first-order chi connectivity index (χ1) is 52.4. The number of ether oxygens (including phenoxy) is 2. The maximum absolute atomic E-state index is 13.0. The van der Waals surface area contributed by atoms with Gasteiger partial charge >= 0.3 is 7.12 Å². The SMILES string of the molecule is CCc1cc(-c2ncc(CS(=O)(=O)c3ccccc3Cl)nc2OC)cc2cnc(NC3CCC(O)CC3)nc12.CCc1cc(Br)cc2cnc(I)nc12.CCc1cc(Br)cc2cnc(NC3CCC(O)CC3)nc12.COc1nc(CS(=O)(=O)c2ccccc2Cl)ccc1B1OC(C)(C)C(C)(C)O1.NC1CCC(O)CC1. The Balaban J connectivity index is 0.000000158. The summed E-state index contributed by atoms with van der Waals surface area (Å²) >= 11 is 21.3. The van der Waals surface area contributed by atoms with Crippen molar-refractivity contribution in [2.24, 2.45) is 5.73 Å². The number of hydrogen-bond donors (Lipinski definition) is 6. The summed E-state index contributed by atoms with van der Waals surface area (Å²) in [5, 5.41) is 38.5. The molecule has 7 N–H and O–H groups in total. The van der Waals surface area contributed by atoms with E-state index < -0.39 is 38.0 Å². The van der Waals surface area contributed by atoms with Crippen LogP contribution in [0.1, 0.15) is 154 Å². The van der Waals surface area contributed by atoms with Gasteiger partial charge < -0.3 is 50.5 Å². The Morgan fingerprint density at radius 1 is 0.536 bits per heavy atom. The molecule has 0 atom stereocenters. The van der Waals surface area contributed by atoms with Crippen LogP contribution in [0.5, 0.6) is 11.8 Å². The van der Waals surface area contributed by atoms with E-state index >= 15 is 0 Å². The number of hydrogen-bond acceptors (Lipinski definition) is 23. The van der Waals surface area contributed by atoms with Gasteiger partial charge in [-0.3, -0.25) is 0 Å². The van der Waals surface area contributed by atoms with Crippen molar-refractivity contribution in [3.05, 3.63) is 173 Å². The zero-order valence-corrected chi connectivity index (χ0v) is 71.5. The van der Waals surface area contributed by atoms with Gasteiger partial charge in [-0.15, -0.1) is 0 Å². The lowest BCUT2D eigenvalue weighted by Gasteiger charge is -2.32. The second-order valence-electron chi connectivity index (χ2n) is 28.6. The molecule has 5 aromatic carbocycles. The molecule has 0 unspecified atom stereocenters. The fraction of sp³-hybridized carbons (Fsp3) is 0.430. The van der Waals surface area contributed by atoms with E-state index in [1.54, 1.807) is 54.7 Å². The molecule has 10 aromatic rings. The van der Waals surface area contributed by atoms with E-state index in [4.69, 9.17) is 62.8 Å². The van der Waals surface area contributed by atoms with Crippen LogP contribution in [-0.2, 0) is 59.8 Å². The molecule has 0 spiro atoms. The largest absolute Gasteiger partial charge is 0.500 e. The maximum atomic E-state index is 13.0. The molecule has 3 saturated carbocycles. The molecule has 0 amide bonds. The van der Waals surface area contributed by atoms with Crippen LogP contribution in [0.2, 0.25) is 10.0 Å². The minimum absolute atomic E-state index is 0.0496. The summed E-state index contributed by atoms with van der Waals surface area (Å²) in [6.07, 6.45) is 20.1. The van der Waals surface area contributed by atoms with Crippen molar-refractivity contribution in [1.29, 1.82) is 0 Å². The maximum Gasteiger partial charge on any atom is 0.500 e. The van der Waals surface area contributed by atoms with Gasteiger partial charge in [0.2, 0.25) is 23.7 Å². The predicted molar refractivity (Wildman–Crippen MR) is 450 cm³/mol. The molecule has 5 aromatic heterocycles. The highest BCUT2D eigenvalue weighted by Gasteiger charge is 2.53. The number of halogens is 5. The van der Waals surface area contributed by atoms with E-state index in [9.17, 15) is 27.0 Å². The summed E-state index contributed by atoms with van der Waals surface area (Å²) in [5.41, 5.74) is 13.5. The van der Waals surface area contributed by atoms with Gasteiger partial charge in [-0.1, -0.05) is 106 Å². The number of aliphatic hydroxyl groups excluding tert-OH is 3. The molecule has 31 heteroatoms.